The first-order valence-electron chi connectivity index (χ1n) is 6.06. The van der Waals surface area contributed by atoms with E-state index in [4.69, 9.17) is 16.3 Å². The number of benzene rings is 2. The second-order valence-electron chi connectivity index (χ2n) is 4.28. The van der Waals surface area contributed by atoms with Crippen LogP contribution in [0.2, 0.25) is 5.02 Å². The summed E-state index contributed by atoms with van der Waals surface area (Å²) in [5.41, 5.74) is 1.58. The van der Waals surface area contributed by atoms with Crippen LogP contribution in [0.15, 0.2) is 51.4 Å². The van der Waals surface area contributed by atoms with E-state index in [1.807, 2.05) is 36.4 Å². The summed E-state index contributed by atoms with van der Waals surface area (Å²) in [4.78, 5) is 12.0. The Balaban J connectivity index is 2.30. The lowest BCUT2D eigenvalue weighted by atomic mass is 10.1. The maximum absolute atomic E-state index is 12.0. The van der Waals surface area contributed by atoms with E-state index in [1.165, 1.54) is 7.11 Å². The SMILES string of the molecule is COC(=O)C(Nc1ccc(Cl)c(Br)c1)c1ccc(Br)cc1. The third kappa shape index (κ3) is 4.22. The monoisotopic (exact) mass is 431 g/mol. The lowest BCUT2D eigenvalue weighted by Crippen LogP contribution is -2.22. The van der Waals surface area contributed by atoms with Gasteiger partial charge < -0.3 is 10.1 Å². The Kier molecular flexibility index (Phi) is 5.67. The Morgan fingerprint density at radius 1 is 1.19 bits per heavy atom. The Labute approximate surface area is 144 Å². The minimum atomic E-state index is -0.587. The van der Waals surface area contributed by atoms with Gasteiger partial charge in [-0.1, -0.05) is 39.7 Å². The molecule has 0 bridgehead atoms. The van der Waals surface area contributed by atoms with E-state index < -0.39 is 6.04 Å². The van der Waals surface area contributed by atoms with E-state index >= 15 is 0 Å². The normalized spacial score (nSPS) is 11.8. The number of methoxy groups -OCH3 is 1. The van der Waals surface area contributed by atoms with E-state index in [-0.39, 0.29) is 5.97 Å². The third-order valence-corrected chi connectivity index (χ3v) is 4.61. The minimum Gasteiger partial charge on any atom is -0.467 e. The average molecular weight is 434 g/mol. The molecule has 1 atom stereocenters. The molecule has 110 valence electrons. The molecule has 0 fully saturated rings. The third-order valence-electron chi connectivity index (χ3n) is 2.87. The lowest BCUT2D eigenvalue weighted by Gasteiger charge is -2.18. The molecule has 0 radical (unpaired) electrons. The maximum atomic E-state index is 12.0. The van der Waals surface area contributed by atoms with E-state index in [1.54, 1.807) is 6.07 Å². The van der Waals surface area contributed by atoms with Crippen LogP contribution < -0.4 is 5.32 Å². The molecule has 6 heteroatoms. The van der Waals surface area contributed by atoms with Crippen LogP contribution in [0.3, 0.4) is 0 Å². The minimum absolute atomic E-state index is 0.358. The van der Waals surface area contributed by atoms with Crippen molar-refractivity contribution in [1.82, 2.24) is 0 Å². The van der Waals surface area contributed by atoms with Crippen LogP contribution in [-0.4, -0.2) is 13.1 Å². The number of hydrogen-bond donors (Lipinski definition) is 1. The summed E-state index contributed by atoms with van der Waals surface area (Å²) >= 11 is 12.7. The molecule has 21 heavy (non-hydrogen) atoms. The van der Waals surface area contributed by atoms with E-state index in [2.05, 4.69) is 37.2 Å². The summed E-state index contributed by atoms with van der Waals surface area (Å²) in [6.07, 6.45) is 0. The first-order chi connectivity index (χ1) is 10.0. The van der Waals surface area contributed by atoms with Gasteiger partial charge in [0.25, 0.3) is 0 Å². The van der Waals surface area contributed by atoms with Gasteiger partial charge in [0.15, 0.2) is 6.04 Å². The molecule has 3 nitrogen and oxygen atoms in total. The van der Waals surface area contributed by atoms with Gasteiger partial charge in [-0.25, -0.2) is 4.79 Å². The number of hydrogen-bond acceptors (Lipinski definition) is 3. The van der Waals surface area contributed by atoms with Gasteiger partial charge in [0.05, 0.1) is 12.1 Å². The number of nitrogens with one attached hydrogen (secondary N) is 1. The standard InChI is InChI=1S/C15H12Br2ClNO2/c1-21-15(20)14(9-2-4-10(16)5-3-9)19-11-6-7-13(18)12(17)8-11/h2-8,14,19H,1H3. The topological polar surface area (TPSA) is 38.3 Å². The number of esters is 1. The number of rotatable bonds is 4. The Morgan fingerprint density at radius 3 is 2.43 bits per heavy atom. The van der Waals surface area contributed by atoms with E-state index in [9.17, 15) is 4.79 Å². The molecule has 1 unspecified atom stereocenters. The Hall–Kier alpha value is -1.04. The van der Waals surface area contributed by atoms with Gasteiger partial charge in [-0.2, -0.15) is 0 Å². The number of carbonyl (C=O) groups is 1. The highest BCUT2D eigenvalue weighted by molar-refractivity contribution is 9.10. The Morgan fingerprint density at radius 2 is 1.86 bits per heavy atom. The number of anilines is 1. The fraction of sp³-hybridized carbons (Fsp3) is 0.133. The van der Waals surface area contributed by atoms with Crippen molar-refractivity contribution in [3.8, 4) is 0 Å². The molecule has 2 rings (SSSR count). The summed E-state index contributed by atoms with van der Waals surface area (Å²) in [7, 11) is 1.37. The Bertz CT molecular complexity index is 647. The summed E-state index contributed by atoms with van der Waals surface area (Å²) in [5.74, 6) is -0.358. The lowest BCUT2D eigenvalue weighted by molar-refractivity contribution is -0.141. The zero-order chi connectivity index (χ0) is 15.4. The highest BCUT2D eigenvalue weighted by Crippen LogP contribution is 2.28. The van der Waals surface area contributed by atoms with E-state index in [0.717, 1.165) is 20.2 Å². The molecule has 0 saturated carbocycles. The van der Waals surface area contributed by atoms with Crippen molar-refractivity contribution in [2.45, 2.75) is 6.04 Å². The van der Waals surface area contributed by atoms with Gasteiger partial charge in [0, 0.05) is 14.6 Å². The summed E-state index contributed by atoms with van der Waals surface area (Å²) in [6.45, 7) is 0. The van der Waals surface area contributed by atoms with Crippen molar-refractivity contribution in [3.63, 3.8) is 0 Å². The molecule has 2 aromatic carbocycles. The average Bonchev–Trinajstić information content (AvgIpc) is 2.48. The van der Waals surface area contributed by atoms with Crippen LogP contribution in [0.1, 0.15) is 11.6 Å². The molecule has 2 aromatic rings. The van der Waals surface area contributed by atoms with Crippen LogP contribution in [0.5, 0.6) is 0 Å². The largest absolute Gasteiger partial charge is 0.467 e. The predicted octanol–water partition coefficient (Wildman–Crippen LogP) is 5.19. The fourth-order valence-corrected chi connectivity index (χ4v) is 2.56. The van der Waals surface area contributed by atoms with Crippen molar-refractivity contribution in [2.75, 3.05) is 12.4 Å². The van der Waals surface area contributed by atoms with Crippen molar-refractivity contribution >= 4 is 55.1 Å². The second kappa shape index (κ2) is 7.29. The highest BCUT2D eigenvalue weighted by atomic mass is 79.9. The van der Waals surface area contributed by atoms with Crippen molar-refractivity contribution in [1.29, 1.82) is 0 Å². The van der Waals surface area contributed by atoms with Crippen molar-refractivity contribution in [2.24, 2.45) is 0 Å². The molecule has 0 aliphatic rings. The molecule has 0 amide bonds. The molecule has 1 N–H and O–H groups in total. The molecular weight excluding hydrogens is 421 g/mol. The fourth-order valence-electron chi connectivity index (χ4n) is 1.80. The first kappa shape index (κ1) is 16.3. The highest BCUT2D eigenvalue weighted by Gasteiger charge is 2.21. The van der Waals surface area contributed by atoms with Gasteiger partial charge in [-0.3, -0.25) is 0 Å². The van der Waals surface area contributed by atoms with Gasteiger partial charge in [0.2, 0.25) is 0 Å². The number of carbonyl (C=O) groups excluding carboxylic acids is 1. The smallest absolute Gasteiger partial charge is 0.332 e. The van der Waals surface area contributed by atoms with Crippen LogP contribution in [0.25, 0.3) is 0 Å². The van der Waals surface area contributed by atoms with Crippen molar-refractivity contribution < 1.29 is 9.53 Å². The first-order valence-corrected chi connectivity index (χ1v) is 8.02. The predicted molar refractivity (Wildman–Crippen MR) is 91.7 cm³/mol. The van der Waals surface area contributed by atoms with E-state index in [0.29, 0.717) is 5.02 Å². The maximum Gasteiger partial charge on any atom is 0.332 e. The molecule has 0 aliphatic heterocycles. The summed E-state index contributed by atoms with van der Waals surface area (Å²) in [5, 5.41) is 3.77. The number of ether oxygens (including phenoxy) is 1. The van der Waals surface area contributed by atoms with Crippen molar-refractivity contribution in [3.05, 3.63) is 62.0 Å². The molecule has 0 spiro atoms. The number of halogens is 3. The van der Waals surface area contributed by atoms with Gasteiger partial charge in [-0.05, 0) is 51.8 Å². The van der Waals surface area contributed by atoms with Crippen LogP contribution >= 0.6 is 43.5 Å². The van der Waals surface area contributed by atoms with Crippen LogP contribution in [0.4, 0.5) is 5.69 Å². The van der Waals surface area contributed by atoms with Crippen LogP contribution in [0, 0.1) is 0 Å². The molecular formula is C15H12Br2ClNO2. The second-order valence-corrected chi connectivity index (χ2v) is 6.46. The van der Waals surface area contributed by atoms with Gasteiger partial charge in [-0.15, -0.1) is 0 Å². The molecule has 0 aromatic heterocycles. The molecule has 0 heterocycles. The quantitative estimate of drug-likeness (QED) is 0.675. The zero-order valence-electron chi connectivity index (χ0n) is 11.1. The van der Waals surface area contributed by atoms with Gasteiger partial charge in [0.1, 0.15) is 0 Å². The van der Waals surface area contributed by atoms with Crippen LogP contribution in [-0.2, 0) is 9.53 Å². The molecule has 0 aliphatic carbocycles. The molecule has 0 saturated heterocycles. The zero-order valence-corrected chi connectivity index (χ0v) is 15.0. The van der Waals surface area contributed by atoms with Gasteiger partial charge >= 0.3 is 5.97 Å². The summed E-state index contributed by atoms with van der Waals surface area (Å²) in [6, 6.07) is 12.3. The summed E-state index contributed by atoms with van der Waals surface area (Å²) < 4.78 is 6.58.